The van der Waals surface area contributed by atoms with Crippen molar-refractivity contribution in [3.8, 4) is 0 Å². The molecule has 3 rings (SSSR count). The van der Waals surface area contributed by atoms with Crippen molar-refractivity contribution in [1.82, 2.24) is 0 Å². The Labute approximate surface area is 164 Å². The molecule has 8 heteroatoms. The predicted molar refractivity (Wildman–Crippen MR) is 100 cm³/mol. The van der Waals surface area contributed by atoms with Crippen molar-refractivity contribution >= 4 is 29.3 Å². The third kappa shape index (κ3) is 4.67. The molecular formula is C20H18F3NO3S. The van der Waals surface area contributed by atoms with Crippen LogP contribution in [0.5, 0.6) is 0 Å². The first-order chi connectivity index (χ1) is 13.3. The fourth-order valence-corrected chi connectivity index (χ4v) is 3.97. The molecule has 0 radical (unpaired) electrons. The van der Waals surface area contributed by atoms with Crippen LogP contribution in [0.4, 0.5) is 18.9 Å². The van der Waals surface area contributed by atoms with E-state index in [1.165, 1.54) is 6.07 Å². The van der Waals surface area contributed by atoms with Crippen LogP contribution in [0.1, 0.15) is 29.3 Å². The van der Waals surface area contributed by atoms with Gasteiger partial charge in [0.15, 0.2) is 6.61 Å². The van der Waals surface area contributed by atoms with Crippen LogP contribution in [-0.2, 0) is 15.7 Å². The molecule has 28 heavy (non-hydrogen) atoms. The van der Waals surface area contributed by atoms with E-state index in [1.54, 1.807) is 16.7 Å². The smallest absolute Gasteiger partial charge is 0.416 e. The van der Waals surface area contributed by atoms with Gasteiger partial charge in [-0.25, -0.2) is 4.79 Å². The van der Waals surface area contributed by atoms with Crippen molar-refractivity contribution in [2.24, 2.45) is 0 Å². The topological polar surface area (TPSA) is 46.6 Å². The molecule has 1 heterocycles. The number of ether oxygens (including phenoxy) is 1. The first-order valence-corrected chi connectivity index (χ1v) is 9.54. The van der Waals surface area contributed by atoms with E-state index in [4.69, 9.17) is 4.74 Å². The first-order valence-electron chi connectivity index (χ1n) is 8.66. The van der Waals surface area contributed by atoms with E-state index in [-0.39, 0.29) is 5.56 Å². The molecule has 1 amide bonds. The predicted octanol–water partition coefficient (Wildman–Crippen LogP) is 4.78. The van der Waals surface area contributed by atoms with Crippen molar-refractivity contribution in [2.75, 3.05) is 18.1 Å². The number of hydrogen-bond donors (Lipinski definition) is 0. The van der Waals surface area contributed by atoms with Crippen LogP contribution < -0.4 is 4.90 Å². The molecule has 0 aromatic heterocycles. The first kappa shape index (κ1) is 20.3. The van der Waals surface area contributed by atoms with Crippen molar-refractivity contribution in [1.29, 1.82) is 0 Å². The Morgan fingerprint density at radius 2 is 1.93 bits per heavy atom. The van der Waals surface area contributed by atoms with Gasteiger partial charge in [0.25, 0.3) is 5.91 Å². The van der Waals surface area contributed by atoms with E-state index < -0.39 is 30.2 Å². The molecule has 0 fully saturated rings. The lowest BCUT2D eigenvalue weighted by atomic mass is 10.1. The van der Waals surface area contributed by atoms with E-state index in [0.29, 0.717) is 17.9 Å². The molecule has 0 saturated carbocycles. The fraction of sp³-hybridized carbons (Fsp3) is 0.300. The minimum atomic E-state index is -4.56. The van der Waals surface area contributed by atoms with E-state index in [2.05, 4.69) is 6.92 Å². The summed E-state index contributed by atoms with van der Waals surface area (Å²) in [7, 11) is 0. The summed E-state index contributed by atoms with van der Waals surface area (Å²) in [6.45, 7) is 2.01. The monoisotopic (exact) mass is 409 g/mol. The number of thioether (sulfide) groups is 1. The second-order valence-electron chi connectivity index (χ2n) is 6.38. The maximum Gasteiger partial charge on any atom is 0.416 e. The number of amides is 1. The number of halogens is 3. The molecule has 0 unspecified atom stereocenters. The molecule has 2 aromatic rings. The average molecular weight is 409 g/mol. The second-order valence-corrected chi connectivity index (χ2v) is 7.87. The minimum absolute atomic E-state index is 0.247. The van der Waals surface area contributed by atoms with Crippen molar-refractivity contribution in [3.63, 3.8) is 0 Å². The van der Waals surface area contributed by atoms with Gasteiger partial charge in [0.2, 0.25) is 0 Å². The Bertz CT molecular complexity index is 885. The van der Waals surface area contributed by atoms with Gasteiger partial charge >= 0.3 is 12.1 Å². The average Bonchev–Trinajstić information content (AvgIpc) is 2.83. The van der Waals surface area contributed by atoms with Crippen molar-refractivity contribution in [2.45, 2.75) is 29.7 Å². The van der Waals surface area contributed by atoms with Crippen LogP contribution in [-0.4, -0.2) is 30.3 Å². The molecule has 0 aliphatic carbocycles. The van der Waals surface area contributed by atoms with E-state index >= 15 is 0 Å². The highest BCUT2D eigenvalue weighted by Crippen LogP contribution is 2.37. The van der Waals surface area contributed by atoms with Crippen molar-refractivity contribution < 1.29 is 27.5 Å². The summed E-state index contributed by atoms with van der Waals surface area (Å²) in [5.74, 6) is -1.38. The lowest BCUT2D eigenvalue weighted by Crippen LogP contribution is -2.35. The summed E-state index contributed by atoms with van der Waals surface area (Å²) in [4.78, 5) is 27.3. The quantitative estimate of drug-likeness (QED) is 0.685. The number of carbonyl (C=O) groups is 2. The van der Waals surface area contributed by atoms with E-state index in [1.807, 2.05) is 24.3 Å². The number of esters is 1. The van der Waals surface area contributed by atoms with Gasteiger partial charge in [-0.05, 0) is 36.8 Å². The maximum absolute atomic E-state index is 12.8. The largest absolute Gasteiger partial charge is 0.452 e. The number of fused-ring (bicyclic) bond motifs is 1. The lowest BCUT2D eigenvalue weighted by Gasteiger charge is -2.22. The van der Waals surface area contributed by atoms with Crippen LogP contribution in [0.2, 0.25) is 0 Å². The van der Waals surface area contributed by atoms with Crippen LogP contribution in [0.3, 0.4) is 0 Å². The number of nitrogens with zero attached hydrogens (tertiary/aromatic N) is 1. The SMILES string of the molecule is C[C@H]1CCN(C(=O)COC(=O)c2cccc(C(F)(F)F)c2)c2ccccc2S1. The molecule has 2 aromatic carbocycles. The molecule has 0 spiro atoms. The molecule has 148 valence electrons. The number of benzene rings is 2. The molecule has 1 aliphatic rings. The summed E-state index contributed by atoms with van der Waals surface area (Å²) < 4.78 is 43.3. The highest BCUT2D eigenvalue weighted by molar-refractivity contribution is 8.00. The van der Waals surface area contributed by atoms with E-state index in [9.17, 15) is 22.8 Å². The third-order valence-electron chi connectivity index (χ3n) is 4.30. The van der Waals surface area contributed by atoms with Gasteiger partial charge in [0.1, 0.15) is 0 Å². The van der Waals surface area contributed by atoms with Crippen LogP contribution in [0.25, 0.3) is 0 Å². The van der Waals surface area contributed by atoms with E-state index in [0.717, 1.165) is 29.1 Å². The summed E-state index contributed by atoms with van der Waals surface area (Å²) in [6, 6.07) is 11.4. The summed E-state index contributed by atoms with van der Waals surface area (Å²) in [5.41, 5.74) is -0.444. The fourth-order valence-electron chi connectivity index (χ4n) is 2.86. The van der Waals surface area contributed by atoms with Gasteiger partial charge in [-0.2, -0.15) is 13.2 Å². The molecule has 0 N–H and O–H groups in total. The molecule has 0 bridgehead atoms. The van der Waals surface area contributed by atoms with Crippen LogP contribution in [0, 0.1) is 0 Å². The van der Waals surface area contributed by atoms with Gasteiger partial charge in [-0.15, -0.1) is 11.8 Å². The normalized spacial score (nSPS) is 16.9. The highest BCUT2D eigenvalue weighted by Gasteiger charge is 2.31. The standard InChI is InChI=1S/C20H18F3NO3S/c1-13-9-10-24(16-7-2-3-8-17(16)28-13)18(25)12-27-19(26)14-5-4-6-15(11-14)20(21,22)23/h2-8,11,13H,9-10,12H2,1H3/t13-/m0/s1. The number of anilines is 1. The minimum Gasteiger partial charge on any atom is -0.452 e. The van der Waals surface area contributed by atoms with Gasteiger partial charge in [0, 0.05) is 16.7 Å². The number of hydrogen-bond acceptors (Lipinski definition) is 4. The zero-order valence-electron chi connectivity index (χ0n) is 15.0. The summed E-state index contributed by atoms with van der Waals surface area (Å²) in [5, 5.41) is 0.326. The Morgan fingerprint density at radius 3 is 2.68 bits per heavy atom. The number of alkyl halides is 3. The molecule has 0 saturated heterocycles. The molecule has 1 atom stereocenters. The van der Waals surface area contributed by atoms with Gasteiger partial charge in [0.05, 0.1) is 16.8 Å². The van der Waals surface area contributed by atoms with Gasteiger partial charge in [-0.3, -0.25) is 4.79 Å². The Balaban J connectivity index is 1.70. The Morgan fingerprint density at radius 1 is 1.18 bits per heavy atom. The molecule has 4 nitrogen and oxygen atoms in total. The third-order valence-corrected chi connectivity index (χ3v) is 5.53. The van der Waals surface area contributed by atoms with Gasteiger partial charge in [-0.1, -0.05) is 25.1 Å². The second kappa shape index (κ2) is 8.26. The number of para-hydroxylation sites is 1. The highest BCUT2D eigenvalue weighted by atomic mass is 32.2. The number of carbonyl (C=O) groups excluding carboxylic acids is 2. The summed E-state index contributed by atoms with van der Waals surface area (Å²) in [6.07, 6.45) is -3.79. The molecule has 1 aliphatic heterocycles. The molecular weight excluding hydrogens is 391 g/mol. The van der Waals surface area contributed by atoms with Gasteiger partial charge < -0.3 is 9.64 Å². The summed E-state index contributed by atoms with van der Waals surface area (Å²) >= 11 is 1.67. The zero-order valence-corrected chi connectivity index (χ0v) is 15.8. The van der Waals surface area contributed by atoms with Crippen molar-refractivity contribution in [3.05, 3.63) is 59.7 Å². The van der Waals surface area contributed by atoms with Crippen LogP contribution >= 0.6 is 11.8 Å². The van der Waals surface area contributed by atoms with Crippen LogP contribution in [0.15, 0.2) is 53.4 Å². The zero-order chi connectivity index (χ0) is 20.3. The lowest BCUT2D eigenvalue weighted by molar-refractivity contribution is -0.137. The maximum atomic E-state index is 12.8. The Hall–Kier alpha value is -2.48. The number of rotatable bonds is 3. The Kier molecular flexibility index (Phi) is 5.98.